The van der Waals surface area contributed by atoms with E-state index in [0.29, 0.717) is 11.5 Å². The summed E-state index contributed by atoms with van der Waals surface area (Å²) in [5.74, 6) is 0.453. The van der Waals surface area contributed by atoms with Gasteiger partial charge in [-0.15, -0.1) is 11.3 Å². The van der Waals surface area contributed by atoms with Crippen LogP contribution in [0.2, 0.25) is 0 Å². The highest BCUT2D eigenvalue weighted by molar-refractivity contribution is 14.1. The molecule has 0 saturated carbocycles. The Kier molecular flexibility index (Phi) is 6.02. The summed E-state index contributed by atoms with van der Waals surface area (Å²) in [6, 6.07) is 4.04. The van der Waals surface area contributed by atoms with E-state index in [2.05, 4.69) is 37.7 Å². The molecule has 3 aromatic heterocycles. The van der Waals surface area contributed by atoms with Gasteiger partial charge in [0.15, 0.2) is 0 Å². The number of alkyl halides is 1. The van der Waals surface area contributed by atoms with Gasteiger partial charge in [-0.3, -0.25) is 4.79 Å². The second-order valence-electron chi connectivity index (χ2n) is 6.00. The third-order valence-electron chi connectivity index (χ3n) is 4.12. The standard InChI is InChI=1S/C18H20IN5OS/c1-12-10-20-18(22-16(12)15-6-4-9-26-15)24-13(2)14(11-21-24)17(25)23(3)8-5-7-19/h4,6,9-11H,5,7-8H2,1-3H3. The summed E-state index contributed by atoms with van der Waals surface area (Å²) in [5.41, 5.74) is 3.24. The highest BCUT2D eigenvalue weighted by atomic mass is 127. The smallest absolute Gasteiger partial charge is 0.257 e. The lowest BCUT2D eigenvalue weighted by Crippen LogP contribution is -2.28. The second-order valence-corrected chi connectivity index (χ2v) is 8.03. The van der Waals surface area contributed by atoms with E-state index < -0.39 is 0 Å². The molecular formula is C18H20IN5OS. The van der Waals surface area contributed by atoms with Gasteiger partial charge in [-0.25, -0.2) is 14.6 Å². The molecule has 0 aliphatic carbocycles. The summed E-state index contributed by atoms with van der Waals surface area (Å²) < 4.78 is 2.66. The molecule has 0 saturated heterocycles. The van der Waals surface area contributed by atoms with E-state index in [1.807, 2.05) is 38.4 Å². The monoisotopic (exact) mass is 481 g/mol. The van der Waals surface area contributed by atoms with Crippen LogP contribution in [0.1, 0.15) is 28.0 Å². The lowest BCUT2D eigenvalue weighted by molar-refractivity contribution is 0.0795. The molecule has 0 atom stereocenters. The average Bonchev–Trinajstić information content (AvgIpc) is 3.29. The molecule has 0 fully saturated rings. The first kappa shape index (κ1) is 19.0. The largest absolute Gasteiger partial charge is 0.342 e. The Bertz CT molecular complexity index is 906. The number of amides is 1. The maximum absolute atomic E-state index is 12.7. The molecule has 6 nitrogen and oxygen atoms in total. The molecule has 0 radical (unpaired) electrons. The van der Waals surface area contributed by atoms with Crippen LogP contribution in [0.3, 0.4) is 0 Å². The van der Waals surface area contributed by atoms with Crippen molar-refractivity contribution >= 4 is 39.8 Å². The molecule has 26 heavy (non-hydrogen) atoms. The number of rotatable bonds is 6. The molecule has 0 aliphatic heterocycles. The van der Waals surface area contributed by atoms with Crippen molar-refractivity contribution in [3.8, 4) is 16.5 Å². The Morgan fingerprint density at radius 2 is 2.15 bits per heavy atom. The Morgan fingerprint density at radius 3 is 2.85 bits per heavy atom. The predicted octanol–water partition coefficient (Wildman–Crippen LogP) is 3.90. The zero-order valence-electron chi connectivity index (χ0n) is 14.9. The van der Waals surface area contributed by atoms with Gasteiger partial charge in [0, 0.05) is 24.2 Å². The SMILES string of the molecule is Cc1cnc(-n2ncc(C(=O)N(C)CCCI)c2C)nc1-c1cccs1. The summed E-state index contributed by atoms with van der Waals surface area (Å²) in [5, 5.41) is 6.39. The van der Waals surface area contributed by atoms with Crippen LogP contribution < -0.4 is 0 Å². The van der Waals surface area contributed by atoms with Crippen LogP contribution in [0.4, 0.5) is 0 Å². The summed E-state index contributed by atoms with van der Waals surface area (Å²) >= 11 is 3.96. The number of hydrogen-bond acceptors (Lipinski definition) is 5. The molecule has 3 aromatic rings. The van der Waals surface area contributed by atoms with E-state index in [0.717, 1.165) is 39.2 Å². The van der Waals surface area contributed by atoms with E-state index in [4.69, 9.17) is 0 Å². The summed E-state index contributed by atoms with van der Waals surface area (Å²) in [6.07, 6.45) is 4.38. The molecular weight excluding hydrogens is 461 g/mol. The highest BCUT2D eigenvalue weighted by Crippen LogP contribution is 2.26. The number of carbonyl (C=O) groups excluding carboxylic acids is 1. The molecule has 0 N–H and O–H groups in total. The topological polar surface area (TPSA) is 63.9 Å². The minimum atomic E-state index is -0.0239. The fourth-order valence-corrected chi connectivity index (χ4v) is 3.74. The van der Waals surface area contributed by atoms with Crippen LogP contribution in [-0.2, 0) is 0 Å². The minimum Gasteiger partial charge on any atom is -0.342 e. The van der Waals surface area contributed by atoms with Gasteiger partial charge in [-0.05, 0) is 37.3 Å². The molecule has 0 unspecified atom stereocenters. The number of aryl methyl sites for hydroxylation is 1. The number of aromatic nitrogens is 4. The third-order valence-corrected chi connectivity index (χ3v) is 5.76. The number of nitrogens with zero attached hydrogens (tertiary/aromatic N) is 5. The van der Waals surface area contributed by atoms with Crippen LogP contribution in [0.25, 0.3) is 16.5 Å². The molecule has 0 bridgehead atoms. The van der Waals surface area contributed by atoms with Gasteiger partial charge >= 0.3 is 0 Å². The van der Waals surface area contributed by atoms with Gasteiger partial charge in [0.1, 0.15) is 0 Å². The summed E-state index contributed by atoms with van der Waals surface area (Å²) in [4.78, 5) is 24.6. The van der Waals surface area contributed by atoms with E-state index in [-0.39, 0.29) is 5.91 Å². The van der Waals surface area contributed by atoms with E-state index in [1.54, 1.807) is 33.3 Å². The van der Waals surface area contributed by atoms with Crippen LogP contribution in [0.5, 0.6) is 0 Å². The first-order valence-corrected chi connectivity index (χ1v) is 10.7. The molecule has 0 aromatic carbocycles. The average molecular weight is 481 g/mol. The lowest BCUT2D eigenvalue weighted by Gasteiger charge is -2.16. The molecule has 3 heterocycles. The van der Waals surface area contributed by atoms with Crippen LogP contribution in [-0.4, -0.2) is 48.6 Å². The minimum absolute atomic E-state index is 0.0239. The van der Waals surface area contributed by atoms with Gasteiger partial charge in [-0.1, -0.05) is 28.7 Å². The zero-order valence-corrected chi connectivity index (χ0v) is 17.9. The fourth-order valence-electron chi connectivity index (χ4n) is 2.62. The van der Waals surface area contributed by atoms with Gasteiger partial charge < -0.3 is 4.90 Å². The maximum Gasteiger partial charge on any atom is 0.257 e. The Hall–Kier alpha value is -1.81. The molecule has 0 spiro atoms. The number of carbonyl (C=O) groups is 1. The normalized spacial score (nSPS) is 10.9. The van der Waals surface area contributed by atoms with E-state index in [9.17, 15) is 4.79 Å². The van der Waals surface area contributed by atoms with Crippen molar-refractivity contribution in [1.82, 2.24) is 24.6 Å². The summed E-state index contributed by atoms with van der Waals surface area (Å²) in [6.45, 7) is 4.60. The third kappa shape index (κ3) is 3.80. The zero-order chi connectivity index (χ0) is 18.7. The van der Waals surface area contributed by atoms with Crippen molar-refractivity contribution < 1.29 is 4.79 Å². The van der Waals surface area contributed by atoms with Gasteiger partial charge in [0.25, 0.3) is 11.9 Å². The van der Waals surface area contributed by atoms with Crippen molar-refractivity contribution in [1.29, 1.82) is 0 Å². The van der Waals surface area contributed by atoms with Gasteiger partial charge in [0.2, 0.25) is 0 Å². The fraction of sp³-hybridized carbons (Fsp3) is 0.333. The lowest BCUT2D eigenvalue weighted by atomic mass is 10.2. The second kappa shape index (κ2) is 8.26. The predicted molar refractivity (Wildman–Crippen MR) is 112 cm³/mol. The molecule has 3 rings (SSSR count). The van der Waals surface area contributed by atoms with E-state index in [1.165, 1.54) is 0 Å². The molecule has 8 heteroatoms. The van der Waals surface area contributed by atoms with Gasteiger partial charge in [-0.2, -0.15) is 5.10 Å². The van der Waals surface area contributed by atoms with Crippen LogP contribution >= 0.6 is 33.9 Å². The Morgan fingerprint density at radius 1 is 1.35 bits per heavy atom. The van der Waals surface area contributed by atoms with Crippen molar-refractivity contribution in [2.45, 2.75) is 20.3 Å². The van der Waals surface area contributed by atoms with Crippen molar-refractivity contribution in [3.63, 3.8) is 0 Å². The molecule has 136 valence electrons. The van der Waals surface area contributed by atoms with Crippen molar-refractivity contribution in [3.05, 3.63) is 46.7 Å². The quantitative estimate of drug-likeness (QED) is 0.396. The molecule has 0 aliphatic rings. The van der Waals surface area contributed by atoms with Crippen LogP contribution in [0.15, 0.2) is 29.9 Å². The Labute approximate surface area is 170 Å². The van der Waals surface area contributed by atoms with E-state index >= 15 is 0 Å². The highest BCUT2D eigenvalue weighted by Gasteiger charge is 2.20. The van der Waals surface area contributed by atoms with Crippen molar-refractivity contribution in [2.75, 3.05) is 18.0 Å². The van der Waals surface area contributed by atoms with Gasteiger partial charge in [0.05, 0.1) is 28.0 Å². The maximum atomic E-state index is 12.7. The first-order chi connectivity index (χ1) is 12.5. The van der Waals surface area contributed by atoms with Crippen molar-refractivity contribution in [2.24, 2.45) is 0 Å². The summed E-state index contributed by atoms with van der Waals surface area (Å²) in [7, 11) is 1.82. The number of halogens is 1. The van der Waals surface area contributed by atoms with Crippen LogP contribution in [0, 0.1) is 13.8 Å². The Balaban J connectivity index is 1.93. The first-order valence-electron chi connectivity index (χ1n) is 8.27. The molecule has 1 amide bonds. The number of hydrogen-bond donors (Lipinski definition) is 0. The number of thiophene rings is 1.